The van der Waals surface area contributed by atoms with E-state index in [1.807, 2.05) is 31.2 Å². The van der Waals surface area contributed by atoms with Crippen molar-refractivity contribution in [1.82, 2.24) is 14.8 Å². The van der Waals surface area contributed by atoms with E-state index in [1.54, 1.807) is 4.68 Å². The van der Waals surface area contributed by atoms with Gasteiger partial charge in [-0.05, 0) is 30.7 Å². The smallest absolute Gasteiger partial charge is 0.226 e. The number of rotatable bonds is 2. The zero-order valence-corrected chi connectivity index (χ0v) is 15.6. The zero-order chi connectivity index (χ0) is 19.4. The van der Waals surface area contributed by atoms with Crippen molar-refractivity contribution in [2.24, 2.45) is 0 Å². The topological polar surface area (TPSA) is 59.8 Å². The Morgan fingerprint density at radius 2 is 2.04 bits per heavy atom. The van der Waals surface area contributed by atoms with Crippen molar-refractivity contribution in [2.45, 2.75) is 19.3 Å². The number of anilines is 1. The number of nitrogens with one attached hydrogen (secondary N) is 1. The number of halogens is 2. The van der Waals surface area contributed by atoms with E-state index in [9.17, 15) is 13.6 Å². The van der Waals surface area contributed by atoms with Gasteiger partial charge < -0.3 is 5.32 Å². The van der Waals surface area contributed by atoms with Gasteiger partial charge in [-0.2, -0.15) is 9.78 Å². The lowest BCUT2D eigenvalue weighted by Gasteiger charge is -2.24. The third-order valence-corrected chi connectivity index (χ3v) is 5.92. The molecular weight excluding hydrogens is 382 g/mol. The highest BCUT2D eigenvalue weighted by Crippen LogP contribution is 2.41. The summed E-state index contributed by atoms with van der Waals surface area (Å²) in [6.07, 6.45) is 0.0714. The van der Waals surface area contributed by atoms with E-state index in [0.717, 1.165) is 21.8 Å². The predicted molar refractivity (Wildman–Crippen MR) is 103 cm³/mol. The number of carbonyl (C=O) groups excluding carboxylic acids is 1. The quantitative estimate of drug-likeness (QED) is 0.541. The Morgan fingerprint density at radius 3 is 2.82 bits per heavy atom. The van der Waals surface area contributed by atoms with E-state index in [-0.39, 0.29) is 17.9 Å². The Kier molecular flexibility index (Phi) is 3.77. The highest BCUT2D eigenvalue weighted by Gasteiger charge is 2.34. The molecule has 0 aliphatic carbocycles. The Balaban J connectivity index is 1.69. The van der Waals surface area contributed by atoms with E-state index < -0.39 is 17.6 Å². The van der Waals surface area contributed by atoms with Gasteiger partial charge in [-0.15, -0.1) is 0 Å². The van der Waals surface area contributed by atoms with Gasteiger partial charge in [0, 0.05) is 24.0 Å². The first-order chi connectivity index (χ1) is 13.5. The third-order valence-electron chi connectivity index (χ3n) is 4.90. The fourth-order valence-corrected chi connectivity index (χ4v) is 4.61. The van der Waals surface area contributed by atoms with Crippen LogP contribution in [0.25, 0.3) is 15.3 Å². The molecule has 1 amide bonds. The van der Waals surface area contributed by atoms with Gasteiger partial charge in [0.05, 0.1) is 15.9 Å². The summed E-state index contributed by atoms with van der Waals surface area (Å²) in [6, 6.07) is 11.2. The average Bonchev–Trinajstić information content (AvgIpc) is 3.22. The molecule has 0 saturated heterocycles. The second-order valence-corrected chi connectivity index (χ2v) is 7.70. The molecule has 0 bridgehead atoms. The summed E-state index contributed by atoms with van der Waals surface area (Å²) in [6.45, 7) is 1.81. The van der Waals surface area contributed by atoms with Gasteiger partial charge in [0.25, 0.3) is 0 Å². The van der Waals surface area contributed by atoms with Crippen molar-refractivity contribution < 1.29 is 13.6 Å². The summed E-state index contributed by atoms with van der Waals surface area (Å²) in [4.78, 5) is 17.0. The van der Waals surface area contributed by atoms with Gasteiger partial charge >= 0.3 is 0 Å². The minimum atomic E-state index is -0.669. The summed E-state index contributed by atoms with van der Waals surface area (Å²) in [7, 11) is 0. The number of thiazole rings is 1. The number of para-hydroxylation sites is 1. The van der Waals surface area contributed by atoms with Gasteiger partial charge in [-0.3, -0.25) is 4.79 Å². The summed E-state index contributed by atoms with van der Waals surface area (Å²) in [5, 5.41) is 8.04. The van der Waals surface area contributed by atoms with E-state index in [1.165, 1.54) is 23.5 Å². The van der Waals surface area contributed by atoms with Gasteiger partial charge in [0.2, 0.25) is 11.0 Å². The standard InChI is InChI=1S/C20H14F2N4OS/c1-10-18-13(12-7-6-11(21)8-14(12)22)9-17(27)24-19(18)26(25-10)20-23-15-4-2-3-5-16(15)28-20/h2-8,13H,9H2,1H3,(H,24,27)/t13-/m0/s1. The molecule has 28 heavy (non-hydrogen) atoms. The molecule has 0 unspecified atom stereocenters. The molecule has 0 radical (unpaired) electrons. The molecule has 2 aromatic heterocycles. The van der Waals surface area contributed by atoms with Crippen LogP contribution in [0.1, 0.15) is 29.2 Å². The molecule has 8 heteroatoms. The molecule has 5 rings (SSSR count). The molecule has 2 aromatic carbocycles. The van der Waals surface area contributed by atoms with Crippen LogP contribution in [0.3, 0.4) is 0 Å². The monoisotopic (exact) mass is 396 g/mol. The molecule has 0 spiro atoms. The van der Waals surface area contributed by atoms with Crippen LogP contribution < -0.4 is 5.32 Å². The Morgan fingerprint density at radius 1 is 1.21 bits per heavy atom. The van der Waals surface area contributed by atoms with Crippen molar-refractivity contribution in [1.29, 1.82) is 0 Å². The number of nitrogens with zero attached hydrogens (tertiary/aromatic N) is 3. The van der Waals surface area contributed by atoms with Crippen LogP contribution in [0.4, 0.5) is 14.6 Å². The molecule has 3 heterocycles. The number of hydrogen-bond acceptors (Lipinski definition) is 4. The Bertz CT molecular complexity index is 1210. The van der Waals surface area contributed by atoms with Gasteiger partial charge in [-0.25, -0.2) is 13.8 Å². The minimum Gasteiger partial charge on any atom is -0.310 e. The van der Waals surface area contributed by atoms with Crippen molar-refractivity contribution in [2.75, 3.05) is 5.32 Å². The molecule has 0 fully saturated rings. The average molecular weight is 396 g/mol. The van der Waals surface area contributed by atoms with Crippen LogP contribution in [0, 0.1) is 18.6 Å². The summed E-state index contributed by atoms with van der Waals surface area (Å²) >= 11 is 1.45. The lowest BCUT2D eigenvalue weighted by Crippen LogP contribution is -2.25. The lowest BCUT2D eigenvalue weighted by molar-refractivity contribution is -0.116. The third kappa shape index (κ3) is 2.60. The van der Waals surface area contributed by atoms with Crippen LogP contribution in [-0.4, -0.2) is 20.7 Å². The first-order valence-electron chi connectivity index (χ1n) is 8.71. The maximum atomic E-state index is 14.4. The van der Waals surface area contributed by atoms with E-state index >= 15 is 0 Å². The number of carbonyl (C=O) groups is 1. The number of aromatic nitrogens is 3. The molecule has 1 N–H and O–H groups in total. The van der Waals surface area contributed by atoms with Crippen LogP contribution in [0.2, 0.25) is 0 Å². The molecule has 4 aromatic rings. The molecular formula is C20H14F2N4OS. The van der Waals surface area contributed by atoms with Gasteiger partial charge in [0.1, 0.15) is 17.5 Å². The molecule has 1 atom stereocenters. The van der Waals surface area contributed by atoms with E-state index in [2.05, 4.69) is 15.4 Å². The molecule has 140 valence electrons. The van der Waals surface area contributed by atoms with Crippen molar-refractivity contribution >= 4 is 33.3 Å². The number of amides is 1. The zero-order valence-electron chi connectivity index (χ0n) is 14.7. The number of hydrogen-bond donors (Lipinski definition) is 1. The second-order valence-electron chi connectivity index (χ2n) is 6.69. The largest absolute Gasteiger partial charge is 0.310 e. The maximum absolute atomic E-state index is 14.4. The number of benzene rings is 2. The lowest BCUT2D eigenvalue weighted by atomic mass is 9.85. The van der Waals surface area contributed by atoms with Crippen molar-refractivity contribution in [3.8, 4) is 5.13 Å². The normalized spacial score (nSPS) is 16.2. The van der Waals surface area contributed by atoms with Crippen molar-refractivity contribution in [3.05, 3.63) is 70.9 Å². The summed E-state index contributed by atoms with van der Waals surface area (Å²) in [5.41, 5.74) is 2.52. The van der Waals surface area contributed by atoms with Gasteiger partial charge in [0.15, 0.2) is 0 Å². The summed E-state index contributed by atoms with van der Waals surface area (Å²) < 4.78 is 30.4. The van der Waals surface area contributed by atoms with E-state index in [4.69, 9.17) is 0 Å². The highest BCUT2D eigenvalue weighted by molar-refractivity contribution is 7.20. The van der Waals surface area contributed by atoms with E-state index in [0.29, 0.717) is 16.6 Å². The second kappa shape index (κ2) is 6.20. The minimum absolute atomic E-state index is 0.0714. The fraction of sp³-hybridized carbons (Fsp3) is 0.150. The van der Waals surface area contributed by atoms with Crippen LogP contribution in [-0.2, 0) is 4.79 Å². The molecule has 0 saturated carbocycles. The molecule has 1 aliphatic heterocycles. The van der Waals surface area contributed by atoms with Crippen molar-refractivity contribution in [3.63, 3.8) is 0 Å². The molecule has 1 aliphatic rings. The SMILES string of the molecule is Cc1nn(-c2nc3ccccc3s2)c2c1[C@H](c1ccc(F)cc1F)CC(=O)N2. The summed E-state index contributed by atoms with van der Waals surface area (Å²) in [5.74, 6) is -1.61. The first-order valence-corrected chi connectivity index (χ1v) is 9.53. The van der Waals surface area contributed by atoms with Crippen LogP contribution >= 0.6 is 11.3 Å². The Hall–Kier alpha value is -3.13. The molecule has 5 nitrogen and oxygen atoms in total. The maximum Gasteiger partial charge on any atom is 0.226 e. The first kappa shape index (κ1) is 17.0. The highest BCUT2D eigenvalue weighted by atomic mass is 32.1. The van der Waals surface area contributed by atoms with Gasteiger partial charge in [-0.1, -0.05) is 29.5 Å². The Labute approximate surface area is 162 Å². The van der Waals surface area contributed by atoms with Crippen LogP contribution in [0.15, 0.2) is 42.5 Å². The number of fused-ring (bicyclic) bond motifs is 2. The predicted octanol–water partition coefficient (Wildman–Crippen LogP) is 4.54. The van der Waals surface area contributed by atoms with Crippen LogP contribution in [0.5, 0.6) is 0 Å². The number of aryl methyl sites for hydroxylation is 1. The fourth-order valence-electron chi connectivity index (χ4n) is 3.69.